The fourth-order valence-electron chi connectivity index (χ4n) is 2.30. The van der Waals surface area contributed by atoms with Crippen molar-refractivity contribution in [1.29, 1.82) is 0 Å². The molecule has 0 unspecified atom stereocenters. The summed E-state index contributed by atoms with van der Waals surface area (Å²) in [5.74, 6) is 0.635. The number of nitrogens with one attached hydrogen (secondary N) is 2. The van der Waals surface area contributed by atoms with Crippen molar-refractivity contribution >= 4 is 29.1 Å². The van der Waals surface area contributed by atoms with E-state index in [9.17, 15) is 4.39 Å². The molecule has 3 rings (SSSR count). The molecule has 3 aromatic rings. The van der Waals surface area contributed by atoms with Gasteiger partial charge in [-0.25, -0.2) is 9.37 Å². The van der Waals surface area contributed by atoms with E-state index in [-0.39, 0.29) is 10.6 Å². The van der Waals surface area contributed by atoms with Gasteiger partial charge in [-0.2, -0.15) is 4.98 Å². The summed E-state index contributed by atoms with van der Waals surface area (Å²) in [5.41, 5.74) is 2.00. The van der Waals surface area contributed by atoms with Gasteiger partial charge in [0.15, 0.2) is 0 Å². The zero-order chi connectivity index (χ0) is 18.7. The molecule has 0 saturated carbocycles. The molecule has 0 spiro atoms. The number of halogens is 2. The average Bonchev–Trinajstić information content (AvgIpc) is 2.56. The van der Waals surface area contributed by atoms with E-state index in [0.29, 0.717) is 17.5 Å². The summed E-state index contributed by atoms with van der Waals surface area (Å²) in [7, 11) is 0. The van der Waals surface area contributed by atoms with Crippen molar-refractivity contribution in [2.75, 3.05) is 10.6 Å². The lowest BCUT2D eigenvalue weighted by atomic mass is 10.1. The molecule has 0 saturated heterocycles. The number of pyridine rings is 1. The summed E-state index contributed by atoms with van der Waals surface area (Å²) in [5, 5.41) is 6.68. The lowest BCUT2D eigenvalue weighted by Crippen LogP contribution is -2.27. The summed E-state index contributed by atoms with van der Waals surface area (Å²) in [6.07, 6.45) is 3.41. The maximum Gasteiger partial charge on any atom is 0.225 e. The van der Waals surface area contributed by atoms with E-state index in [4.69, 9.17) is 11.6 Å². The van der Waals surface area contributed by atoms with Crippen molar-refractivity contribution in [3.63, 3.8) is 0 Å². The van der Waals surface area contributed by atoms with Crippen LogP contribution in [0, 0.1) is 5.82 Å². The number of hydrogen-bond acceptors (Lipinski definition) is 5. The Kier molecular flexibility index (Phi) is 5.04. The minimum atomic E-state index is -0.393. The van der Waals surface area contributed by atoms with E-state index in [1.54, 1.807) is 18.5 Å². The van der Waals surface area contributed by atoms with Crippen LogP contribution in [0.5, 0.6) is 0 Å². The second-order valence-electron chi connectivity index (χ2n) is 6.82. The Morgan fingerprint density at radius 2 is 1.73 bits per heavy atom. The number of anilines is 3. The number of hydrogen-bond donors (Lipinski definition) is 2. The van der Waals surface area contributed by atoms with Gasteiger partial charge >= 0.3 is 0 Å². The Morgan fingerprint density at radius 3 is 2.38 bits per heavy atom. The molecule has 0 amide bonds. The molecule has 5 nitrogen and oxygen atoms in total. The number of aromatic nitrogens is 3. The predicted octanol–water partition coefficient (Wildman–Crippen LogP) is 5.29. The lowest BCUT2D eigenvalue weighted by molar-refractivity contribution is 0.626. The molecule has 7 heteroatoms. The Hall–Kier alpha value is -2.73. The third-order valence-electron chi connectivity index (χ3n) is 3.38. The van der Waals surface area contributed by atoms with Crippen molar-refractivity contribution in [3.05, 3.63) is 59.6 Å². The molecule has 0 radical (unpaired) electrons. The van der Waals surface area contributed by atoms with Crippen LogP contribution in [0.4, 0.5) is 21.8 Å². The largest absolute Gasteiger partial charge is 0.350 e. The number of nitrogens with zero attached hydrogens (tertiary/aromatic N) is 3. The monoisotopic (exact) mass is 371 g/mol. The van der Waals surface area contributed by atoms with Gasteiger partial charge in [-0.05, 0) is 51.1 Å². The highest BCUT2D eigenvalue weighted by Crippen LogP contribution is 2.28. The van der Waals surface area contributed by atoms with E-state index in [1.807, 2.05) is 39.0 Å². The molecular formula is C19H19ClFN5. The SMILES string of the molecule is CC(C)(C)Nc1nc(Nc2ccc(F)cc2Cl)cc(-c2ccncc2)n1. The highest BCUT2D eigenvalue weighted by molar-refractivity contribution is 6.33. The molecule has 2 heterocycles. The molecule has 134 valence electrons. The molecule has 0 bridgehead atoms. The van der Waals surface area contributed by atoms with Gasteiger partial charge < -0.3 is 10.6 Å². The van der Waals surface area contributed by atoms with Crippen molar-refractivity contribution in [3.8, 4) is 11.3 Å². The minimum absolute atomic E-state index is 0.207. The van der Waals surface area contributed by atoms with Crippen LogP contribution in [0.25, 0.3) is 11.3 Å². The summed E-state index contributed by atoms with van der Waals surface area (Å²) in [4.78, 5) is 13.1. The maximum absolute atomic E-state index is 13.3. The topological polar surface area (TPSA) is 62.7 Å². The van der Waals surface area contributed by atoms with Gasteiger partial charge in [-0.15, -0.1) is 0 Å². The van der Waals surface area contributed by atoms with Crippen LogP contribution in [0.15, 0.2) is 48.8 Å². The van der Waals surface area contributed by atoms with Gasteiger partial charge in [-0.3, -0.25) is 4.98 Å². The van der Waals surface area contributed by atoms with Crippen LogP contribution in [-0.2, 0) is 0 Å². The highest BCUT2D eigenvalue weighted by Gasteiger charge is 2.14. The van der Waals surface area contributed by atoms with Gasteiger partial charge in [0, 0.05) is 29.6 Å². The van der Waals surface area contributed by atoms with Crippen molar-refractivity contribution < 1.29 is 4.39 Å². The predicted molar refractivity (Wildman–Crippen MR) is 103 cm³/mol. The number of benzene rings is 1. The standard InChI is InChI=1S/C19H19ClFN5/c1-19(2,3)26-18-24-16(12-6-8-22-9-7-12)11-17(25-18)23-15-5-4-13(21)10-14(15)20/h4-11H,1-3H3,(H2,23,24,25,26). The first-order chi connectivity index (χ1) is 12.3. The molecular weight excluding hydrogens is 353 g/mol. The first kappa shape index (κ1) is 18.1. The van der Waals surface area contributed by atoms with Crippen LogP contribution in [0.2, 0.25) is 5.02 Å². The van der Waals surface area contributed by atoms with Gasteiger partial charge in [0.2, 0.25) is 5.95 Å². The Balaban J connectivity index is 2.01. The molecule has 0 atom stereocenters. The van der Waals surface area contributed by atoms with Crippen molar-refractivity contribution in [1.82, 2.24) is 15.0 Å². The van der Waals surface area contributed by atoms with E-state index < -0.39 is 5.82 Å². The highest BCUT2D eigenvalue weighted by atomic mass is 35.5. The van der Waals surface area contributed by atoms with Crippen LogP contribution < -0.4 is 10.6 Å². The third kappa shape index (κ3) is 4.67. The molecule has 0 aliphatic heterocycles. The van der Waals surface area contributed by atoms with Gasteiger partial charge in [0.25, 0.3) is 0 Å². The molecule has 2 N–H and O–H groups in total. The molecule has 1 aromatic carbocycles. The molecule has 26 heavy (non-hydrogen) atoms. The van der Waals surface area contributed by atoms with Gasteiger partial charge in [0.05, 0.1) is 16.4 Å². The zero-order valence-corrected chi connectivity index (χ0v) is 15.5. The van der Waals surface area contributed by atoms with Crippen LogP contribution in [0.1, 0.15) is 20.8 Å². The third-order valence-corrected chi connectivity index (χ3v) is 3.70. The summed E-state index contributed by atoms with van der Waals surface area (Å²) in [6.45, 7) is 6.08. The van der Waals surface area contributed by atoms with E-state index >= 15 is 0 Å². The van der Waals surface area contributed by atoms with E-state index in [2.05, 4.69) is 25.6 Å². The van der Waals surface area contributed by atoms with Crippen molar-refractivity contribution in [2.45, 2.75) is 26.3 Å². The quantitative estimate of drug-likeness (QED) is 0.652. The minimum Gasteiger partial charge on any atom is -0.350 e. The van der Waals surface area contributed by atoms with E-state index in [0.717, 1.165) is 11.3 Å². The van der Waals surface area contributed by atoms with Gasteiger partial charge in [-0.1, -0.05) is 11.6 Å². The first-order valence-electron chi connectivity index (χ1n) is 8.10. The second-order valence-corrected chi connectivity index (χ2v) is 7.23. The molecule has 0 aliphatic carbocycles. The first-order valence-corrected chi connectivity index (χ1v) is 8.48. The fraction of sp³-hybridized carbons (Fsp3) is 0.211. The molecule has 2 aromatic heterocycles. The Bertz CT molecular complexity index is 910. The number of rotatable bonds is 4. The Labute approximate surface area is 156 Å². The lowest BCUT2D eigenvalue weighted by Gasteiger charge is -2.21. The maximum atomic E-state index is 13.3. The summed E-state index contributed by atoms with van der Waals surface area (Å²) >= 11 is 6.11. The van der Waals surface area contributed by atoms with Crippen LogP contribution in [-0.4, -0.2) is 20.5 Å². The van der Waals surface area contributed by atoms with Crippen LogP contribution >= 0.6 is 11.6 Å². The molecule has 0 aliphatic rings. The molecule has 0 fully saturated rings. The van der Waals surface area contributed by atoms with Gasteiger partial charge in [0.1, 0.15) is 11.6 Å². The van der Waals surface area contributed by atoms with Crippen LogP contribution in [0.3, 0.4) is 0 Å². The summed E-state index contributed by atoms with van der Waals surface area (Å²) < 4.78 is 13.3. The van der Waals surface area contributed by atoms with Crippen molar-refractivity contribution in [2.24, 2.45) is 0 Å². The normalized spacial score (nSPS) is 11.3. The average molecular weight is 372 g/mol. The Morgan fingerprint density at radius 1 is 1.00 bits per heavy atom. The summed E-state index contributed by atoms with van der Waals surface area (Å²) in [6, 6.07) is 9.72. The zero-order valence-electron chi connectivity index (χ0n) is 14.7. The van der Waals surface area contributed by atoms with E-state index in [1.165, 1.54) is 12.1 Å². The fourth-order valence-corrected chi connectivity index (χ4v) is 2.52. The smallest absolute Gasteiger partial charge is 0.225 e. The second kappa shape index (κ2) is 7.25.